The van der Waals surface area contributed by atoms with E-state index in [0.29, 0.717) is 12.3 Å². The van der Waals surface area contributed by atoms with E-state index in [9.17, 15) is 23.3 Å². The molecule has 0 unspecified atom stereocenters. The Morgan fingerprint density at radius 2 is 1.75 bits per heavy atom. The Labute approximate surface area is 185 Å². The predicted molar refractivity (Wildman–Crippen MR) is 119 cm³/mol. The van der Waals surface area contributed by atoms with Crippen molar-refractivity contribution in [2.75, 3.05) is 18.9 Å². The Hall–Kier alpha value is -3.92. The van der Waals surface area contributed by atoms with Crippen molar-refractivity contribution < 1.29 is 22.9 Å². The minimum atomic E-state index is -4.16. The molecule has 1 amide bonds. The number of hydrogen-bond acceptors (Lipinski definition) is 6. The molecule has 3 rings (SSSR count). The van der Waals surface area contributed by atoms with Gasteiger partial charge >= 0.3 is 0 Å². The Bertz CT molecular complexity index is 1240. The van der Waals surface area contributed by atoms with E-state index in [1.807, 2.05) is 12.1 Å². The molecule has 0 aliphatic heterocycles. The molecule has 0 saturated heterocycles. The van der Waals surface area contributed by atoms with E-state index in [1.165, 1.54) is 35.2 Å². The maximum absolute atomic E-state index is 13.0. The summed E-state index contributed by atoms with van der Waals surface area (Å²) in [5, 5.41) is 11.0. The van der Waals surface area contributed by atoms with Gasteiger partial charge in [0.15, 0.2) is 0 Å². The number of amides is 1. The van der Waals surface area contributed by atoms with Crippen LogP contribution >= 0.6 is 0 Å². The summed E-state index contributed by atoms with van der Waals surface area (Å²) in [5.41, 5.74) is 0.746. The highest BCUT2D eigenvalue weighted by Crippen LogP contribution is 2.24. The van der Waals surface area contributed by atoms with E-state index in [2.05, 4.69) is 4.72 Å². The molecule has 10 heteroatoms. The molecule has 0 aliphatic rings. The standard InChI is InChI=1S/C22H21N3O6S/c1-24(15-16-10-12-18(31-2)13-11-16)22(26)20-8-3-4-9-21(20)23-32(29,30)19-7-5-6-17(14-19)25(27)28/h3-14,23H,15H2,1-2H3. The van der Waals surface area contributed by atoms with Crippen molar-refractivity contribution in [2.45, 2.75) is 11.4 Å². The molecule has 166 valence electrons. The molecule has 0 bridgehead atoms. The van der Waals surface area contributed by atoms with Crippen molar-refractivity contribution in [1.82, 2.24) is 4.90 Å². The minimum absolute atomic E-state index is 0.0746. The van der Waals surface area contributed by atoms with Crippen LogP contribution in [0.2, 0.25) is 0 Å². The number of carbonyl (C=O) groups excluding carboxylic acids is 1. The summed E-state index contributed by atoms with van der Waals surface area (Å²) in [6.45, 7) is 0.300. The molecular weight excluding hydrogens is 434 g/mol. The van der Waals surface area contributed by atoms with Crippen LogP contribution in [0.3, 0.4) is 0 Å². The maximum atomic E-state index is 13.0. The maximum Gasteiger partial charge on any atom is 0.270 e. The highest BCUT2D eigenvalue weighted by Gasteiger charge is 2.22. The number of hydrogen-bond donors (Lipinski definition) is 1. The number of methoxy groups -OCH3 is 1. The number of nitrogens with zero attached hydrogens (tertiary/aromatic N) is 2. The quantitative estimate of drug-likeness (QED) is 0.409. The largest absolute Gasteiger partial charge is 0.497 e. The van der Waals surface area contributed by atoms with Gasteiger partial charge in [0.05, 0.1) is 28.2 Å². The first-order valence-electron chi connectivity index (χ1n) is 9.46. The second kappa shape index (κ2) is 9.48. The summed E-state index contributed by atoms with van der Waals surface area (Å²) in [7, 11) is -0.981. The van der Waals surface area contributed by atoms with Gasteiger partial charge in [-0.15, -0.1) is 0 Å². The molecule has 0 fully saturated rings. The van der Waals surface area contributed by atoms with Gasteiger partial charge in [0.2, 0.25) is 0 Å². The number of sulfonamides is 1. The lowest BCUT2D eigenvalue weighted by Crippen LogP contribution is -2.27. The lowest BCUT2D eigenvalue weighted by atomic mass is 10.1. The zero-order valence-electron chi connectivity index (χ0n) is 17.4. The summed E-state index contributed by atoms with van der Waals surface area (Å²) in [6.07, 6.45) is 0. The number of benzene rings is 3. The van der Waals surface area contributed by atoms with Gasteiger partial charge in [-0.05, 0) is 35.9 Å². The third-order valence-corrected chi connectivity index (χ3v) is 6.03. The summed E-state index contributed by atoms with van der Waals surface area (Å²) >= 11 is 0. The van der Waals surface area contributed by atoms with Gasteiger partial charge in [-0.2, -0.15) is 0 Å². The average molecular weight is 455 g/mol. The molecule has 3 aromatic rings. The Morgan fingerprint density at radius 1 is 1.06 bits per heavy atom. The SMILES string of the molecule is COc1ccc(CN(C)C(=O)c2ccccc2NS(=O)(=O)c2cccc([N+](=O)[O-])c2)cc1. The van der Waals surface area contributed by atoms with E-state index in [-0.39, 0.29) is 21.8 Å². The normalized spacial score (nSPS) is 10.9. The topological polar surface area (TPSA) is 119 Å². The first-order chi connectivity index (χ1) is 15.2. The third-order valence-electron chi connectivity index (χ3n) is 4.67. The predicted octanol–water partition coefficient (Wildman–Crippen LogP) is 3.68. The van der Waals surface area contributed by atoms with Crippen molar-refractivity contribution in [2.24, 2.45) is 0 Å². The van der Waals surface area contributed by atoms with Gasteiger partial charge in [0.25, 0.3) is 21.6 Å². The molecule has 9 nitrogen and oxygen atoms in total. The Balaban J connectivity index is 1.83. The number of carbonyl (C=O) groups is 1. The summed E-state index contributed by atoms with van der Waals surface area (Å²) in [4.78, 5) is 24.5. The number of nitrogens with one attached hydrogen (secondary N) is 1. The van der Waals surface area contributed by atoms with Crippen LogP contribution in [0.25, 0.3) is 0 Å². The fourth-order valence-electron chi connectivity index (χ4n) is 3.01. The van der Waals surface area contributed by atoms with Crippen LogP contribution in [0.15, 0.2) is 77.7 Å². The third kappa shape index (κ3) is 5.22. The molecule has 0 atom stereocenters. The van der Waals surface area contributed by atoms with Crippen LogP contribution in [0.5, 0.6) is 5.75 Å². The molecule has 0 aromatic heterocycles. The molecule has 0 heterocycles. The number of rotatable bonds is 8. The fourth-order valence-corrected chi connectivity index (χ4v) is 4.13. The van der Waals surface area contributed by atoms with Crippen molar-refractivity contribution >= 4 is 27.3 Å². The lowest BCUT2D eigenvalue weighted by molar-refractivity contribution is -0.385. The highest BCUT2D eigenvalue weighted by molar-refractivity contribution is 7.92. The number of ether oxygens (including phenoxy) is 1. The Kier molecular flexibility index (Phi) is 6.74. The van der Waals surface area contributed by atoms with Gasteiger partial charge in [-0.25, -0.2) is 8.42 Å². The van der Waals surface area contributed by atoms with Crippen LogP contribution in [-0.2, 0) is 16.6 Å². The number of anilines is 1. The van der Waals surface area contributed by atoms with Crippen LogP contribution in [-0.4, -0.2) is 38.3 Å². The van der Waals surface area contributed by atoms with E-state index in [4.69, 9.17) is 4.74 Å². The zero-order valence-corrected chi connectivity index (χ0v) is 18.2. The fraction of sp³-hybridized carbons (Fsp3) is 0.136. The van der Waals surface area contributed by atoms with E-state index < -0.39 is 20.9 Å². The highest BCUT2D eigenvalue weighted by atomic mass is 32.2. The van der Waals surface area contributed by atoms with E-state index >= 15 is 0 Å². The smallest absolute Gasteiger partial charge is 0.270 e. The van der Waals surface area contributed by atoms with Crippen molar-refractivity contribution in [3.05, 3.63) is 94.0 Å². The molecule has 0 radical (unpaired) electrons. The number of nitro benzene ring substituents is 1. The number of nitro groups is 1. The molecule has 32 heavy (non-hydrogen) atoms. The summed E-state index contributed by atoms with van der Waals surface area (Å²) < 4.78 is 33.1. The molecule has 1 N–H and O–H groups in total. The monoisotopic (exact) mass is 455 g/mol. The molecular formula is C22H21N3O6S. The first kappa shape index (κ1) is 22.8. The number of non-ortho nitro benzene ring substituents is 1. The molecule has 0 saturated carbocycles. The van der Waals surface area contributed by atoms with E-state index in [1.54, 1.807) is 38.4 Å². The van der Waals surface area contributed by atoms with Crippen LogP contribution < -0.4 is 9.46 Å². The van der Waals surface area contributed by atoms with E-state index in [0.717, 1.165) is 11.6 Å². The average Bonchev–Trinajstić information content (AvgIpc) is 2.79. The van der Waals surface area contributed by atoms with Gasteiger partial charge in [0, 0.05) is 25.7 Å². The number of para-hydroxylation sites is 1. The van der Waals surface area contributed by atoms with Gasteiger partial charge in [-0.1, -0.05) is 30.3 Å². The van der Waals surface area contributed by atoms with Gasteiger partial charge in [-0.3, -0.25) is 19.6 Å². The second-order valence-corrected chi connectivity index (χ2v) is 8.60. The summed E-state index contributed by atoms with van der Waals surface area (Å²) in [6, 6.07) is 18.1. The summed E-state index contributed by atoms with van der Waals surface area (Å²) in [5.74, 6) is 0.307. The first-order valence-corrected chi connectivity index (χ1v) is 10.9. The lowest BCUT2D eigenvalue weighted by Gasteiger charge is -2.20. The van der Waals surface area contributed by atoms with Crippen molar-refractivity contribution in [1.29, 1.82) is 0 Å². The minimum Gasteiger partial charge on any atom is -0.497 e. The Morgan fingerprint density at radius 3 is 2.41 bits per heavy atom. The van der Waals surface area contributed by atoms with Crippen LogP contribution in [0, 0.1) is 10.1 Å². The van der Waals surface area contributed by atoms with Crippen LogP contribution in [0.1, 0.15) is 15.9 Å². The second-order valence-electron chi connectivity index (χ2n) is 6.91. The molecule has 0 spiro atoms. The van der Waals surface area contributed by atoms with Crippen molar-refractivity contribution in [3.63, 3.8) is 0 Å². The molecule has 0 aliphatic carbocycles. The molecule has 3 aromatic carbocycles. The van der Waals surface area contributed by atoms with Gasteiger partial charge in [0.1, 0.15) is 5.75 Å². The van der Waals surface area contributed by atoms with Gasteiger partial charge < -0.3 is 9.64 Å². The zero-order chi connectivity index (χ0) is 23.3. The van der Waals surface area contributed by atoms with Crippen LogP contribution in [0.4, 0.5) is 11.4 Å². The van der Waals surface area contributed by atoms with Crippen molar-refractivity contribution in [3.8, 4) is 5.75 Å².